The van der Waals surface area contributed by atoms with Gasteiger partial charge < -0.3 is 4.74 Å². The number of rotatable bonds is 8. The van der Waals surface area contributed by atoms with Gasteiger partial charge in [-0.05, 0) is 43.9 Å². The minimum atomic E-state index is -0.208. The standard InChI is InChI=1S/C20H31NO2/c1-3-17(4-2)19-13-8-9-14-21(19)15-10-16-23-20(22)18-11-6-5-7-12-18/h5-7,11-12,17,19H,3-4,8-10,13-16H2,1-2H3. The second-order valence-corrected chi connectivity index (χ2v) is 6.53. The molecular formula is C20H31NO2. The molecule has 23 heavy (non-hydrogen) atoms. The van der Waals surface area contributed by atoms with E-state index in [1.54, 1.807) is 12.1 Å². The van der Waals surface area contributed by atoms with Gasteiger partial charge in [0.05, 0.1) is 12.2 Å². The van der Waals surface area contributed by atoms with Crippen LogP contribution in [0.2, 0.25) is 0 Å². The van der Waals surface area contributed by atoms with Crippen molar-refractivity contribution in [3.8, 4) is 0 Å². The van der Waals surface area contributed by atoms with Gasteiger partial charge in [-0.2, -0.15) is 0 Å². The van der Waals surface area contributed by atoms with E-state index in [0.29, 0.717) is 12.2 Å². The minimum absolute atomic E-state index is 0.208. The minimum Gasteiger partial charge on any atom is -0.462 e. The zero-order chi connectivity index (χ0) is 16.5. The van der Waals surface area contributed by atoms with Gasteiger partial charge in [-0.15, -0.1) is 0 Å². The highest BCUT2D eigenvalue weighted by Gasteiger charge is 2.27. The van der Waals surface area contributed by atoms with Crippen LogP contribution in [-0.4, -0.2) is 36.6 Å². The first-order valence-corrected chi connectivity index (χ1v) is 9.22. The first-order chi connectivity index (χ1) is 11.3. The molecule has 0 spiro atoms. The summed E-state index contributed by atoms with van der Waals surface area (Å²) in [5, 5.41) is 0. The first-order valence-electron chi connectivity index (χ1n) is 9.22. The Morgan fingerprint density at radius 2 is 1.96 bits per heavy atom. The second kappa shape index (κ2) is 9.71. The molecule has 0 bridgehead atoms. The predicted molar refractivity (Wildman–Crippen MR) is 94.6 cm³/mol. The third-order valence-corrected chi connectivity index (χ3v) is 5.09. The van der Waals surface area contributed by atoms with Crippen molar-refractivity contribution in [2.45, 2.75) is 58.4 Å². The molecule has 1 fully saturated rings. The number of piperidine rings is 1. The third-order valence-electron chi connectivity index (χ3n) is 5.09. The van der Waals surface area contributed by atoms with E-state index in [4.69, 9.17) is 4.74 Å². The van der Waals surface area contributed by atoms with Gasteiger partial charge in [0.1, 0.15) is 0 Å². The largest absolute Gasteiger partial charge is 0.462 e. The van der Waals surface area contributed by atoms with E-state index < -0.39 is 0 Å². The number of hydrogen-bond donors (Lipinski definition) is 0. The van der Waals surface area contributed by atoms with Gasteiger partial charge in [0.25, 0.3) is 0 Å². The van der Waals surface area contributed by atoms with Crippen LogP contribution in [0, 0.1) is 5.92 Å². The highest BCUT2D eigenvalue weighted by molar-refractivity contribution is 5.89. The predicted octanol–water partition coefficient (Wildman–Crippen LogP) is 4.52. The highest BCUT2D eigenvalue weighted by Crippen LogP contribution is 2.27. The third kappa shape index (κ3) is 5.35. The molecule has 0 aliphatic carbocycles. The zero-order valence-electron chi connectivity index (χ0n) is 14.7. The average Bonchev–Trinajstić information content (AvgIpc) is 2.61. The second-order valence-electron chi connectivity index (χ2n) is 6.53. The SMILES string of the molecule is CCC(CC)C1CCCCN1CCCOC(=O)c1ccccc1. The molecule has 1 aromatic rings. The highest BCUT2D eigenvalue weighted by atomic mass is 16.5. The van der Waals surface area contributed by atoms with Crippen molar-refractivity contribution < 1.29 is 9.53 Å². The number of nitrogens with zero attached hydrogens (tertiary/aromatic N) is 1. The maximum Gasteiger partial charge on any atom is 0.338 e. The Bertz CT molecular complexity index is 456. The Balaban J connectivity index is 1.74. The van der Waals surface area contributed by atoms with Crippen molar-refractivity contribution in [2.24, 2.45) is 5.92 Å². The van der Waals surface area contributed by atoms with Crippen molar-refractivity contribution in [1.29, 1.82) is 0 Å². The molecule has 128 valence electrons. The molecule has 1 aliphatic heterocycles. The van der Waals surface area contributed by atoms with E-state index in [1.807, 2.05) is 18.2 Å². The Morgan fingerprint density at radius 3 is 2.65 bits per heavy atom. The lowest BCUT2D eigenvalue weighted by atomic mass is 9.86. The molecule has 0 aromatic heterocycles. The van der Waals surface area contributed by atoms with Crippen molar-refractivity contribution in [2.75, 3.05) is 19.7 Å². The lowest BCUT2D eigenvalue weighted by Crippen LogP contribution is -2.44. The molecule has 1 aromatic carbocycles. The Kier molecular flexibility index (Phi) is 7.60. The quantitative estimate of drug-likeness (QED) is 0.521. The summed E-state index contributed by atoms with van der Waals surface area (Å²) in [4.78, 5) is 14.6. The van der Waals surface area contributed by atoms with Crippen molar-refractivity contribution in [3.63, 3.8) is 0 Å². The van der Waals surface area contributed by atoms with E-state index in [-0.39, 0.29) is 5.97 Å². The van der Waals surface area contributed by atoms with Crippen LogP contribution in [0.15, 0.2) is 30.3 Å². The summed E-state index contributed by atoms with van der Waals surface area (Å²) in [7, 11) is 0. The van der Waals surface area contributed by atoms with Crippen LogP contribution in [0.5, 0.6) is 0 Å². The van der Waals surface area contributed by atoms with Crippen LogP contribution >= 0.6 is 0 Å². The van der Waals surface area contributed by atoms with Gasteiger partial charge in [0, 0.05) is 12.6 Å². The smallest absolute Gasteiger partial charge is 0.338 e. The first kappa shape index (κ1) is 18.0. The van der Waals surface area contributed by atoms with E-state index >= 15 is 0 Å². The fourth-order valence-electron chi connectivity index (χ4n) is 3.75. The zero-order valence-corrected chi connectivity index (χ0v) is 14.7. The number of ether oxygens (including phenoxy) is 1. The molecule has 0 saturated carbocycles. The summed E-state index contributed by atoms with van der Waals surface area (Å²) in [5.74, 6) is 0.600. The number of hydrogen-bond acceptors (Lipinski definition) is 3. The van der Waals surface area contributed by atoms with E-state index in [2.05, 4.69) is 18.7 Å². The Hall–Kier alpha value is -1.35. The number of carbonyl (C=O) groups is 1. The van der Waals surface area contributed by atoms with Gasteiger partial charge in [0.2, 0.25) is 0 Å². The van der Waals surface area contributed by atoms with Gasteiger partial charge in [-0.1, -0.05) is 51.3 Å². The summed E-state index contributed by atoms with van der Waals surface area (Å²) >= 11 is 0. The molecule has 3 heteroatoms. The van der Waals surface area contributed by atoms with Crippen LogP contribution in [0.3, 0.4) is 0 Å². The van der Waals surface area contributed by atoms with Gasteiger partial charge in [-0.25, -0.2) is 4.79 Å². The molecule has 1 saturated heterocycles. The number of benzene rings is 1. The fraction of sp³-hybridized carbons (Fsp3) is 0.650. The monoisotopic (exact) mass is 317 g/mol. The van der Waals surface area contributed by atoms with Crippen molar-refractivity contribution >= 4 is 5.97 Å². The average molecular weight is 317 g/mol. The van der Waals surface area contributed by atoms with Crippen LogP contribution in [0.1, 0.15) is 62.7 Å². The molecule has 3 nitrogen and oxygen atoms in total. The summed E-state index contributed by atoms with van der Waals surface area (Å²) in [6, 6.07) is 9.97. The normalized spacial score (nSPS) is 19.0. The van der Waals surface area contributed by atoms with Crippen molar-refractivity contribution in [3.05, 3.63) is 35.9 Å². The van der Waals surface area contributed by atoms with Gasteiger partial charge in [-0.3, -0.25) is 4.90 Å². The molecule has 0 amide bonds. The topological polar surface area (TPSA) is 29.5 Å². The van der Waals surface area contributed by atoms with Crippen LogP contribution in [0.25, 0.3) is 0 Å². The molecule has 1 aliphatic rings. The van der Waals surface area contributed by atoms with Crippen LogP contribution in [0.4, 0.5) is 0 Å². The fourth-order valence-corrected chi connectivity index (χ4v) is 3.75. The van der Waals surface area contributed by atoms with E-state index in [1.165, 1.54) is 38.6 Å². The summed E-state index contributed by atoms with van der Waals surface area (Å²) in [6.07, 6.45) is 7.45. The maximum atomic E-state index is 11.9. The lowest BCUT2D eigenvalue weighted by molar-refractivity contribution is 0.0448. The lowest BCUT2D eigenvalue weighted by Gasteiger charge is -2.40. The summed E-state index contributed by atoms with van der Waals surface area (Å²) in [6.45, 7) is 7.38. The Labute approximate surface area is 141 Å². The van der Waals surface area contributed by atoms with E-state index in [0.717, 1.165) is 24.9 Å². The van der Waals surface area contributed by atoms with E-state index in [9.17, 15) is 4.79 Å². The molecule has 0 radical (unpaired) electrons. The van der Waals surface area contributed by atoms with Crippen LogP contribution in [-0.2, 0) is 4.74 Å². The maximum absolute atomic E-state index is 11.9. The summed E-state index contributed by atoms with van der Waals surface area (Å²) < 4.78 is 5.40. The Morgan fingerprint density at radius 1 is 1.22 bits per heavy atom. The number of esters is 1. The molecule has 2 rings (SSSR count). The molecule has 1 atom stereocenters. The van der Waals surface area contributed by atoms with Gasteiger partial charge in [0.15, 0.2) is 0 Å². The molecule has 0 N–H and O–H groups in total. The molecule has 1 heterocycles. The number of carbonyl (C=O) groups excluding carboxylic acids is 1. The molecule has 1 unspecified atom stereocenters. The van der Waals surface area contributed by atoms with Gasteiger partial charge >= 0.3 is 5.97 Å². The van der Waals surface area contributed by atoms with Crippen LogP contribution < -0.4 is 0 Å². The number of likely N-dealkylation sites (tertiary alicyclic amines) is 1. The molecular weight excluding hydrogens is 286 g/mol. The van der Waals surface area contributed by atoms with Crippen molar-refractivity contribution in [1.82, 2.24) is 4.90 Å². The summed E-state index contributed by atoms with van der Waals surface area (Å²) in [5.41, 5.74) is 0.639.